The molecular formula is C14H9Cl2FN2O2. The lowest BCUT2D eigenvalue weighted by Gasteiger charge is -2.11. The fourth-order valence-electron chi connectivity index (χ4n) is 2.05. The van der Waals surface area contributed by atoms with E-state index in [1.807, 2.05) is 0 Å². The number of benzene rings is 2. The number of carbonyl (C=O) groups excluding carboxylic acids is 1. The van der Waals surface area contributed by atoms with E-state index in [4.69, 9.17) is 33.7 Å². The predicted molar refractivity (Wildman–Crippen MR) is 78.5 cm³/mol. The van der Waals surface area contributed by atoms with Crippen molar-refractivity contribution in [3.8, 4) is 11.5 Å². The second-order valence-corrected chi connectivity index (χ2v) is 5.31. The Bertz CT molecular complexity index is 752. The molecule has 1 amide bonds. The highest BCUT2D eigenvalue weighted by molar-refractivity contribution is 6.32. The Labute approximate surface area is 129 Å². The molecular weight excluding hydrogens is 318 g/mol. The lowest BCUT2D eigenvalue weighted by Crippen LogP contribution is -2.19. The van der Waals surface area contributed by atoms with Crippen molar-refractivity contribution in [2.75, 3.05) is 5.32 Å². The van der Waals surface area contributed by atoms with Crippen LogP contribution in [0.25, 0.3) is 0 Å². The van der Waals surface area contributed by atoms with Crippen molar-refractivity contribution in [3.63, 3.8) is 0 Å². The van der Waals surface area contributed by atoms with Crippen molar-refractivity contribution >= 4 is 34.8 Å². The normalized spacial score (nSPS) is 16.6. The summed E-state index contributed by atoms with van der Waals surface area (Å²) in [5.41, 5.74) is 6.78. The van der Waals surface area contributed by atoms with Gasteiger partial charge in [-0.3, -0.25) is 4.79 Å². The summed E-state index contributed by atoms with van der Waals surface area (Å²) in [5.74, 6) is -0.868. The van der Waals surface area contributed by atoms with Gasteiger partial charge in [-0.2, -0.15) is 0 Å². The van der Waals surface area contributed by atoms with Crippen LogP contribution in [0, 0.1) is 5.82 Å². The molecule has 1 aliphatic heterocycles. The van der Waals surface area contributed by atoms with Gasteiger partial charge in [-0.1, -0.05) is 29.3 Å². The quantitative estimate of drug-likeness (QED) is 0.880. The zero-order valence-corrected chi connectivity index (χ0v) is 12.0. The standard InChI is InChI=1S/C14H9Cl2FN2O2/c15-7-2-1-3-10(12(7)17)21-11-5-9-6(4-8(11)16)13(18)14(20)19-9/h1-5,13H,18H2,(H,19,20). The maximum atomic E-state index is 13.8. The lowest BCUT2D eigenvalue weighted by molar-refractivity contribution is -0.116. The van der Waals surface area contributed by atoms with Crippen LogP contribution in [0.3, 0.4) is 0 Å². The Balaban J connectivity index is 1.99. The van der Waals surface area contributed by atoms with Crippen LogP contribution in [-0.4, -0.2) is 5.91 Å². The Hall–Kier alpha value is -1.82. The first kappa shape index (κ1) is 14.1. The van der Waals surface area contributed by atoms with Gasteiger partial charge in [0.25, 0.3) is 0 Å². The van der Waals surface area contributed by atoms with Gasteiger partial charge in [-0.05, 0) is 18.2 Å². The molecule has 0 fully saturated rings. The van der Waals surface area contributed by atoms with Gasteiger partial charge >= 0.3 is 0 Å². The molecule has 0 spiro atoms. The van der Waals surface area contributed by atoms with Gasteiger partial charge in [0.05, 0.1) is 10.0 Å². The first-order valence-electron chi connectivity index (χ1n) is 5.99. The second kappa shape index (κ2) is 5.18. The molecule has 0 aliphatic carbocycles. The van der Waals surface area contributed by atoms with Crippen molar-refractivity contribution in [2.45, 2.75) is 6.04 Å². The average molecular weight is 327 g/mol. The molecule has 1 unspecified atom stereocenters. The van der Waals surface area contributed by atoms with Crippen LogP contribution in [0.5, 0.6) is 11.5 Å². The van der Waals surface area contributed by atoms with Gasteiger partial charge in [0.15, 0.2) is 11.6 Å². The molecule has 3 rings (SSSR count). The fourth-order valence-corrected chi connectivity index (χ4v) is 2.42. The molecule has 0 saturated heterocycles. The number of nitrogens with one attached hydrogen (secondary N) is 1. The van der Waals surface area contributed by atoms with Crippen LogP contribution < -0.4 is 15.8 Å². The van der Waals surface area contributed by atoms with Gasteiger partial charge < -0.3 is 15.8 Å². The Morgan fingerprint density at radius 3 is 2.71 bits per heavy atom. The highest BCUT2D eigenvalue weighted by Gasteiger charge is 2.28. The third-order valence-corrected chi connectivity index (χ3v) is 3.70. The smallest absolute Gasteiger partial charge is 0.245 e. The van der Waals surface area contributed by atoms with Crippen LogP contribution in [0.4, 0.5) is 10.1 Å². The van der Waals surface area contributed by atoms with Gasteiger partial charge in [0.2, 0.25) is 5.91 Å². The van der Waals surface area contributed by atoms with E-state index < -0.39 is 11.9 Å². The van der Waals surface area contributed by atoms with Crippen LogP contribution in [-0.2, 0) is 4.79 Å². The highest BCUT2D eigenvalue weighted by Crippen LogP contribution is 2.40. The summed E-state index contributed by atoms with van der Waals surface area (Å²) in [6.45, 7) is 0. The zero-order chi connectivity index (χ0) is 15.1. The van der Waals surface area contributed by atoms with Crippen molar-refractivity contribution in [3.05, 3.63) is 51.8 Å². The number of hydrogen-bond acceptors (Lipinski definition) is 3. The molecule has 108 valence electrons. The summed E-state index contributed by atoms with van der Waals surface area (Å²) in [5, 5.41) is 2.77. The molecule has 4 nitrogen and oxygen atoms in total. The minimum Gasteiger partial charge on any atom is -0.453 e. The molecule has 0 radical (unpaired) electrons. The van der Waals surface area contributed by atoms with E-state index in [0.717, 1.165) is 0 Å². The minimum atomic E-state index is -0.769. The van der Waals surface area contributed by atoms with E-state index >= 15 is 0 Å². The Kier molecular flexibility index (Phi) is 3.49. The van der Waals surface area contributed by atoms with E-state index in [2.05, 4.69) is 5.32 Å². The molecule has 2 aromatic rings. The molecule has 0 bridgehead atoms. The van der Waals surface area contributed by atoms with E-state index in [1.165, 1.54) is 24.3 Å². The second-order valence-electron chi connectivity index (χ2n) is 4.49. The monoisotopic (exact) mass is 326 g/mol. The summed E-state index contributed by atoms with van der Waals surface area (Å²) in [6.07, 6.45) is 0. The summed E-state index contributed by atoms with van der Waals surface area (Å²) in [4.78, 5) is 11.5. The molecule has 7 heteroatoms. The van der Waals surface area contributed by atoms with Crippen LogP contribution >= 0.6 is 23.2 Å². The fraction of sp³-hybridized carbons (Fsp3) is 0.0714. The molecule has 3 N–H and O–H groups in total. The number of halogens is 3. The summed E-state index contributed by atoms with van der Waals surface area (Å²) in [6, 6.07) is 6.65. The zero-order valence-electron chi connectivity index (χ0n) is 10.5. The molecule has 21 heavy (non-hydrogen) atoms. The average Bonchev–Trinajstić information content (AvgIpc) is 2.71. The van der Waals surface area contributed by atoms with Crippen molar-refractivity contribution in [1.82, 2.24) is 0 Å². The van der Waals surface area contributed by atoms with Crippen LogP contribution in [0.15, 0.2) is 30.3 Å². The number of rotatable bonds is 2. The predicted octanol–water partition coefficient (Wildman–Crippen LogP) is 3.88. The van der Waals surface area contributed by atoms with Crippen LogP contribution in [0.1, 0.15) is 11.6 Å². The highest BCUT2D eigenvalue weighted by atomic mass is 35.5. The number of anilines is 1. The van der Waals surface area contributed by atoms with Crippen molar-refractivity contribution in [1.29, 1.82) is 0 Å². The van der Waals surface area contributed by atoms with Crippen molar-refractivity contribution in [2.24, 2.45) is 5.73 Å². The number of nitrogens with two attached hydrogens (primary N) is 1. The number of amides is 1. The minimum absolute atomic E-state index is 0.0555. The van der Waals surface area contributed by atoms with E-state index in [1.54, 1.807) is 6.07 Å². The molecule has 1 heterocycles. The van der Waals surface area contributed by atoms with Gasteiger partial charge in [0, 0.05) is 17.3 Å². The molecule has 1 atom stereocenters. The molecule has 2 aromatic carbocycles. The van der Waals surface area contributed by atoms with Gasteiger partial charge in [-0.25, -0.2) is 4.39 Å². The molecule has 0 saturated carbocycles. The largest absolute Gasteiger partial charge is 0.453 e. The summed E-state index contributed by atoms with van der Waals surface area (Å²) < 4.78 is 19.3. The SMILES string of the molecule is NC1C(=O)Nc2cc(Oc3cccc(Cl)c3F)c(Cl)cc21. The number of carbonyl (C=O) groups is 1. The lowest BCUT2D eigenvalue weighted by atomic mass is 10.1. The Morgan fingerprint density at radius 2 is 1.95 bits per heavy atom. The van der Waals surface area contributed by atoms with Crippen LogP contribution in [0.2, 0.25) is 10.0 Å². The Morgan fingerprint density at radius 1 is 1.19 bits per heavy atom. The van der Waals surface area contributed by atoms with Gasteiger partial charge in [0.1, 0.15) is 11.8 Å². The number of ether oxygens (including phenoxy) is 1. The first-order valence-corrected chi connectivity index (χ1v) is 6.74. The maximum absolute atomic E-state index is 13.8. The maximum Gasteiger partial charge on any atom is 0.245 e. The summed E-state index contributed by atoms with van der Waals surface area (Å²) >= 11 is 11.8. The third kappa shape index (κ3) is 2.44. The van der Waals surface area contributed by atoms with Crippen molar-refractivity contribution < 1.29 is 13.9 Å². The van der Waals surface area contributed by atoms with Gasteiger partial charge in [-0.15, -0.1) is 0 Å². The first-order chi connectivity index (χ1) is 9.97. The molecule has 1 aliphatic rings. The third-order valence-electron chi connectivity index (χ3n) is 3.12. The topological polar surface area (TPSA) is 64.4 Å². The number of fused-ring (bicyclic) bond motifs is 1. The molecule has 0 aromatic heterocycles. The number of hydrogen-bond donors (Lipinski definition) is 2. The van der Waals surface area contributed by atoms with E-state index in [9.17, 15) is 9.18 Å². The van der Waals surface area contributed by atoms with E-state index in [0.29, 0.717) is 11.3 Å². The summed E-state index contributed by atoms with van der Waals surface area (Å²) in [7, 11) is 0. The van der Waals surface area contributed by atoms with E-state index in [-0.39, 0.29) is 27.5 Å².